The number of amides is 1. The summed E-state index contributed by atoms with van der Waals surface area (Å²) < 4.78 is 0. The van der Waals surface area contributed by atoms with E-state index in [9.17, 15) is 4.79 Å². The Balaban J connectivity index is 1.69. The van der Waals surface area contributed by atoms with Crippen molar-refractivity contribution in [2.45, 2.75) is 37.8 Å². The van der Waals surface area contributed by atoms with Crippen molar-refractivity contribution in [1.82, 2.24) is 10.3 Å². The molecule has 0 radical (unpaired) electrons. The second-order valence-corrected chi connectivity index (χ2v) is 5.96. The lowest BCUT2D eigenvalue weighted by Gasteiger charge is -2.29. The zero-order chi connectivity index (χ0) is 16.2. The van der Waals surface area contributed by atoms with E-state index < -0.39 is 6.09 Å². The summed E-state index contributed by atoms with van der Waals surface area (Å²) in [5.41, 5.74) is 2.02. The van der Waals surface area contributed by atoms with E-state index in [0.29, 0.717) is 6.04 Å². The molecule has 6 heteroatoms. The molecule has 2 aromatic rings. The molecule has 0 spiro atoms. The number of rotatable bonds is 4. The molecule has 0 bridgehead atoms. The molecule has 0 saturated heterocycles. The number of fused-ring (bicyclic) bond motifs is 1. The highest BCUT2D eigenvalue weighted by molar-refractivity contribution is 5.92. The summed E-state index contributed by atoms with van der Waals surface area (Å²) in [7, 11) is 1.91. The van der Waals surface area contributed by atoms with Crippen LogP contribution in [0.3, 0.4) is 0 Å². The Morgan fingerprint density at radius 2 is 1.87 bits per heavy atom. The SMILES string of the molecule is CNc1cc(NC2CCC(NC(=O)O)CC2)nc2ccccc12. The van der Waals surface area contributed by atoms with Crippen LogP contribution in [0.2, 0.25) is 0 Å². The van der Waals surface area contributed by atoms with Crippen LogP contribution in [0.5, 0.6) is 0 Å². The molecular weight excluding hydrogens is 292 g/mol. The Bertz CT molecular complexity index is 696. The normalized spacial score (nSPS) is 20.9. The van der Waals surface area contributed by atoms with Gasteiger partial charge in [-0.15, -0.1) is 0 Å². The summed E-state index contributed by atoms with van der Waals surface area (Å²) in [4.78, 5) is 15.4. The van der Waals surface area contributed by atoms with Crippen molar-refractivity contribution in [3.05, 3.63) is 30.3 Å². The van der Waals surface area contributed by atoms with Gasteiger partial charge in [-0.1, -0.05) is 18.2 Å². The van der Waals surface area contributed by atoms with Gasteiger partial charge in [0, 0.05) is 36.3 Å². The van der Waals surface area contributed by atoms with E-state index in [2.05, 4.69) is 27.0 Å². The van der Waals surface area contributed by atoms with Crippen LogP contribution in [-0.4, -0.2) is 35.3 Å². The van der Waals surface area contributed by atoms with E-state index in [4.69, 9.17) is 5.11 Å². The molecule has 1 amide bonds. The van der Waals surface area contributed by atoms with Gasteiger partial charge >= 0.3 is 6.09 Å². The predicted octanol–water partition coefficient (Wildman–Crippen LogP) is 3.27. The smallest absolute Gasteiger partial charge is 0.404 e. The Labute approximate surface area is 135 Å². The number of para-hydroxylation sites is 1. The summed E-state index contributed by atoms with van der Waals surface area (Å²) in [6, 6.07) is 10.5. The van der Waals surface area contributed by atoms with Gasteiger partial charge in [-0.3, -0.25) is 0 Å². The van der Waals surface area contributed by atoms with E-state index >= 15 is 0 Å². The number of pyridine rings is 1. The van der Waals surface area contributed by atoms with Crippen molar-refractivity contribution in [1.29, 1.82) is 0 Å². The maximum absolute atomic E-state index is 10.7. The van der Waals surface area contributed by atoms with Crippen molar-refractivity contribution in [3.8, 4) is 0 Å². The number of carbonyl (C=O) groups is 1. The quantitative estimate of drug-likeness (QED) is 0.696. The van der Waals surface area contributed by atoms with Gasteiger partial charge in [0.05, 0.1) is 5.52 Å². The van der Waals surface area contributed by atoms with Gasteiger partial charge in [-0.05, 0) is 31.7 Å². The predicted molar refractivity (Wildman–Crippen MR) is 92.1 cm³/mol. The highest BCUT2D eigenvalue weighted by Crippen LogP contribution is 2.27. The number of aromatic nitrogens is 1. The molecular formula is C17H22N4O2. The van der Waals surface area contributed by atoms with Gasteiger partial charge in [0.25, 0.3) is 0 Å². The first-order chi connectivity index (χ1) is 11.2. The molecule has 1 aliphatic rings. The first kappa shape index (κ1) is 15.4. The summed E-state index contributed by atoms with van der Waals surface area (Å²) >= 11 is 0. The van der Waals surface area contributed by atoms with Gasteiger partial charge in [0.1, 0.15) is 5.82 Å². The first-order valence-electron chi connectivity index (χ1n) is 7.99. The van der Waals surface area contributed by atoms with Crippen LogP contribution in [0.25, 0.3) is 10.9 Å². The minimum atomic E-state index is -0.934. The number of hydrogen-bond donors (Lipinski definition) is 4. The Hall–Kier alpha value is -2.50. The summed E-state index contributed by atoms with van der Waals surface area (Å²) in [6.45, 7) is 0. The monoisotopic (exact) mass is 314 g/mol. The van der Waals surface area contributed by atoms with Crippen LogP contribution in [0.15, 0.2) is 30.3 Å². The Kier molecular flexibility index (Phi) is 4.50. The summed E-state index contributed by atoms with van der Waals surface area (Å²) in [5, 5.41) is 19.2. The van der Waals surface area contributed by atoms with Gasteiger partial charge < -0.3 is 21.1 Å². The standard InChI is InChI=1S/C17H22N4O2/c1-18-15-10-16(21-14-5-3-2-4-13(14)15)19-11-6-8-12(9-7-11)20-17(22)23/h2-5,10-12,20H,6-9H2,1H3,(H,22,23)(H2,18,19,21). The van der Waals surface area contributed by atoms with Gasteiger partial charge in [0.15, 0.2) is 0 Å². The van der Waals surface area contributed by atoms with Crippen molar-refractivity contribution in [2.75, 3.05) is 17.7 Å². The third-order valence-electron chi connectivity index (χ3n) is 4.39. The number of anilines is 2. The van der Waals surface area contributed by atoms with Crippen LogP contribution < -0.4 is 16.0 Å². The number of benzene rings is 1. The molecule has 0 unspecified atom stereocenters. The average Bonchev–Trinajstić information content (AvgIpc) is 2.55. The lowest BCUT2D eigenvalue weighted by atomic mass is 9.91. The van der Waals surface area contributed by atoms with Crippen molar-refractivity contribution in [2.24, 2.45) is 0 Å². The molecule has 3 rings (SSSR count). The molecule has 0 atom stereocenters. The topological polar surface area (TPSA) is 86.3 Å². The molecule has 1 aromatic carbocycles. The van der Waals surface area contributed by atoms with E-state index in [0.717, 1.165) is 48.1 Å². The van der Waals surface area contributed by atoms with E-state index in [1.165, 1.54) is 0 Å². The van der Waals surface area contributed by atoms with Crippen molar-refractivity contribution in [3.63, 3.8) is 0 Å². The van der Waals surface area contributed by atoms with Gasteiger partial charge in [0.2, 0.25) is 0 Å². The fourth-order valence-electron chi connectivity index (χ4n) is 3.22. The van der Waals surface area contributed by atoms with E-state index in [-0.39, 0.29) is 6.04 Å². The number of nitrogens with one attached hydrogen (secondary N) is 3. The minimum Gasteiger partial charge on any atom is -0.465 e. The first-order valence-corrected chi connectivity index (χ1v) is 7.99. The van der Waals surface area contributed by atoms with Gasteiger partial charge in [-0.2, -0.15) is 0 Å². The molecule has 1 saturated carbocycles. The van der Waals surface area contributed by atoms with Crippen LogP contribution in [-0.2, 0) is 0 Å². The highest BCUT2D eigenvalue weighted by Gasteiger charge is 2.22. The number of hydrogen-bond acceptors (Lipinski definition) is 4. The lowest BCUT2D eigenvalue weighted by molar-refractivity contribution is 0.185. The number of carboxylic acid groups (broad SMARTS) is 1. The maximum atomic E-state index is 10.7. The van der Waals surface area contributed by atoms with Crippen LogP contribution in [0, 0.1) is 0 Å². The minimum absolute atomic E-state index is 0.0722. The van der Waals surface area contributed by atoms with Crippen LogP contribution >= 0.6 is 0 Å². The lowest BCUT2D eigenvalue weighted by Crippen LogP contribution is -2.39. The molecule has 6 nitrogen and oxygen atoms in total. The largest absolute Gasteiger partial charge is 0.465 e. The fourth-order valence-corrected chi connectivity index (χ4v) is 3.22. The third-order valence-corrected chi connectivity index (χ3v) is 4.39. The molecule has 1 heterocycles. The second-order valence-electron chi connectivity index (χ2n) is 5.96. The van der Waals surface area contributed by atoms with Crippen LogP contribution in [0.4, 0.5) is 16.3 Å². The third kappa shape index (κ3) is 3.64. The molecule has 23 heavy (non-hydrogen) atoms. The van der Waals surface area contributed by atoms with Crippen molar-refractivity contribution >= 4 is 28.5 Å². The van der Waals surface area contributed by atoms with E-state index in [1.807, 2.05) is 31.3 Å². The molecule has 4 N–H and O–H groups in total. The zero-order valence-corrected chi connectivity index (χ0v) is 13.2. The van der Waals surface area contributed by atoms with Gasteiger partial charge in [-0.25, -0.2) is 9.78 Å². The summed E-state index contributed by atoms with van der Waals surface area (Å²) in [6.07, 6.45) is 2.66. The Morgan fingerprint density at radius 1 is 1.17 bits per heavy atom. The zero-order valence-electron chi connectivity index (χ0n) is 13.2. The second kappa shape index (κ2) is 6.73. The molecule has 1 fully saturated rings. The van der Waals surface area contributed by atoms with Crippen LogP contribution in [0.1, 0.15) is 25.7 Å². The number of nitrogens with zero attached hydrogens (tertiary/aromatic N) is 1. The molecule has 0 aliphatic heterocycles. The maximum Gasteiger partial charge on any atom is 0.404 e. The fraction of sp³-hybridized carbons (Fsp3) is 0.412. The van der Waals surface area contributed by atoms with Crippen molar-refractivity contribution < 1.29 is 9.90 Å². The average molecular weight is 314 g/mol. The molecule has 1 aliphatic carbocycles. The van der Waals surface area contributed by atoms with E-state index in [1.54, 1.807) is 0 Å². The Morgan fingerprint density at radius 3 is 2.57 bits per heavy atom. The highest BCUT2D eigenvalue weighted by atomic mass is 16.4. The molecule has 1 aromatic heterocycles. The summed E-state index contributed by atoms with van der Waals surface area (Å²) in [5.74, 6) is 0.864. The molecule has 122 valence electrons.